The molecule has 2 aromatic rings. The Hall–Kier alpha value is -2.26. The van der Waals surface area contributed by atoms with Crippen LogP contribution in [0.2, 0.25) is 0 Å². The number of anilines is 1. The van der Waals surface area contributed by atoms with Crippen LogP contribution in [-0.4, -0.2) is 47.8 Å². The van der Waals surface area contributed by atoms with Crippen molar-refractivity contribution in [3.8, 4) is 0 Å². The Bertz CT molecular complexity index is 1100. The van der Waals surface area contributed by atoms with Crippen molar-refractivity contribution in [1.82, 2.24) is 14.3 Å². The summed E-state index contributed by atoms with van der Waals surface area (Å²) < 4.78 is 13.3. The number of amides is 3. The van der Waals surface area contributed by atoms with Crippen LogP contribution in [0.25, 0.3) is 5.65 Å². The van der Waals surface area contributed by atoms with Gasteiger partial charge >= 0.3 is 6.03 Å². The second-order valence-corrected chi connectivity index (χ2v) is 11.7. The summed E-state index contributed by atoms with van der Waals surface area (Å²) in [5.41, 5.74) is 2.29. The van der Waals surface area contributed by atoms with Crippen LogP contribution < -0.4 is 10.0 Å². The van der Waals surface area contributed by atoms with Crippen LogP contribution in [0.4, 0.5) is 10.5 Å². The highest BCUT2D eigenvalue weighted by molar-refractivity contribution is 7.84. The highest BCUT2D eigenvalue weighted by atomic mass is 32.2. The molecule has 31 heavy (non-hydrogen) atoms. The molecule has 2 aliphatic rings. The van der Waals surface area contributed by atoms with Gasteiger partial charge in [0.25, 0.3) is 5.91 Å². The number of nitrogens with zero attached hydrogens (tertiary/aromatic N) is 4. The Morgan fingerprint density at radius 3 is 2.45 bits per heavy atom. The molecule has 4 rings (SSSR count). The van der Waals surface area contributed by atoms with Gasteiger partial charge in [0, 0.05) is 25.4 Å². The summed E-state index contributed by atoms with van der Waals surface area (Å²) in [4.78, 5) is 33.3. The number of hydrogen-bond donors (Lipinski definition) is 1. The molecule has 3 heterocycles. The van der Waals surface area contributed by atoms with E-state index in [1.807, 2.05) is 37.4 Å². The average molecular weight is 446 g/mol. The van der Waals surface area contributed by atoms with Gasteiger partial charge in [-0.2, -0.15) is 0 Å². The SMILES string of the molecule is C[C@H](CC(C)(C)S(N)=O)c1cn2cc(C3CC3)cc(N3C(=O)N(C)C(=O)C3(C)C)c2n1. The van der Waals surface area contributed by atoms with E-state index >= 15 is 0 Å². The molecule has 2 aromatic heterocycles. The fraction of sp³-hybridized carbons (Fsp3) is 0.591. The van der Waals surface area contributed by atoms with Crippen molar-refractivity contribution < 1.29 is 13.8 Å². The molecule has 0 radical (unpaired) electrons. The lowest BCUT2D eigenvalue weighted by Crippen LogP contribution is -2.44. The third kappa shape index (κ3) is 3.57. The molecule has 1 saturated carbocycles. The Labute approximate surface area is 185 Å². The molecular weight excluding hydrogens is 414 g/mol. The van der Waals surface area contributed by atoms with Gasteiger partial charge in [0.2, 0.25) is 0 Å². The number of urea groups is 1. The van der Waals surface area contributed by atoms with Gasteiger partial charge in [-0.3, -0.25) is 19.7 Å². The number of carbonyl (C=O) groups excluding carboxylic acids is 2. The summed E-state index contributed by atoms with van der Waals surface area (Å²) >= 11 is 0. The first kappa shape index (κ1) is 22.0. The molecule has 1 aliphatic carbocycles. The van der Waals surface area contributed by atoms with Crippen molar-refractivity contribution in [2.75, 3.05) is 11.9 Å². The summed E-state index contributed by atoms with van der Waals surface area (Å²) in [5.74, 6) is 0.255. The first-order valence-electron chi connectivity index (χ1n) is 10.7. The first-order valence-corrected chi connectivity index (χ1v) is 11.9. The molecule has 1 aliphatic heterocycles. The Balaban J connectivity index is 1.83. The molecule has 1 saturated heterocycles. The number of likely N-dealkylation sites (N-methyl/N-ethyl adjacent to an activating group) is 1. The molecule has 0 aromatic carbocycles. The molecule has 168 valence electrons. The molecule has 2 atom stereocenters. The van der Waals surface area contributed by atoms with Gasteiger partial charge in [-0.25, -0.2) is 14.0 Å². The van der Waals surface area contributed by atoms with Crippen molar-refractivity contribution in [3.63, 3.8) is 0 Å². The molecule has 9 heteroatoms. The predicted octanol–water partition coefficient (Wildman–Crippen LogP) is 3.28. The van der Waals surface area contributed by atoms with Gasteiger partial charge in [-0.15, -0.1) is 0 Å². The van der Waals surface area contributed by atoms with E-state index in [0.29, 0.717) is 23.7 Å². The lowest BCUT2D eigenvalue weighted by molar-refractivity contribution is -0.128. The number of fused-ring (bicyclic) bond motifs is 1. The molecule has 8 nitrogen and oxygen atoms in total. The molecule has 2 fully saturated rings. The monoisotopic (exact) mass is 445 g/mol. The summed E-state index contributed by atoms with van der Waals surface area (Å²) in [6, 6.07) is 1.67. The van der Waals surface area contributed by atoms with Crippen molar-refractivity contribution in [2.24, 2.45) is 5.14 Å². The Morgan fingerprint density at radius 2 is 1.94 bits per heavy atom. The van der Waals surface area contributed by atoms with E-state index in [-0.39, 0.29) is 17.9 Å². The van der Waals surface area contributed by atoms with Gasteiger partial charge in [-0.05, 0) is 64.5 Å². The van der Waals surface area contributed by atoms with Crippen LogP contribution in [0.1, 0.15) is 77.0 Å². The van der Waals surface area contributed by atoms with Crippen LogP contribution >= 0.6 is 0 Å². The lowest BCUT2D eigenvalue weighted by Gasteiger charge is -2.28. The molecule has 0 bridgehead atoms. The van der Waals surface area contributed by atoms with Crippen LogP contribution in [0.3, 0.4) is 0 Å². The third-order valence-corrected chi connectivity index (χ3v) is 7.83. The number of pyridine rings is 1. The second kappa shape index (κ2) is 7.13. The van der Waals surface area contributed by atoms with E-state index in [1.54, 1.807) is 18.7 Å². The fourth-order valence-electron chi connectivity index (χ4n) is 4.47. The third-order valence-electron chi connectivity index (χ3n) is 6.57. The zero-order chi connectivity index (χ0) is 22.9. The van der Waals surface area contributed by atoms with Gasteiger partial charge in [-0.1, -0.05) is 6.92 Å². The second-order valence-electron chi connectivity index (χ2n) is 10.0. The Morgan fingerprint density at radius 1 is 1.29 bits per heavy atom. The topological polar surface area (TPSA) is 101 Å². The van der Waals surface area contributed by atoms with Crippen molar-refractivity contribution in [1.29, 1.82) is 0 Å². The predicted molar refractivity (Wildman–Crippen MR) is 121 cm³/mol. The summed E-state index contributed by atoms with van der Waals surface area (Å²) in [6.45, 7) is 9.35. The fourth-order valence-corrected chi connectivity index (χ4v) is 4.89. The number of imide groups is 1. The minimum absolute atomic E-state index is 0.0196. The van der Waals surface area contributed by atoms with Crippen molar-refractivity contribution in [2.45, 2.75) is 76.0 Å². The maximum Gasteiger partial charge on any atom is 0.332 e. The normalized spacial score (nSPS) is 21.3. The van der Waals surface area contributed by atoms with E-state index in [4.69, 9.17) is 10.1 Å². The van der Waals surface area contributed by atoms with Crippen molar-refractivity contribution >= 4 is 34.3 Å². The number of carbonyl (C=O) groups is 2. The highest BCUT2D eigenvalue weighted by Gasteiger charge is 2.51. The Kier molecular flexibility index (Phi) is 5.05. The van der Waals surface area contributed by atoms with E-state index in [9.17, 15) is 13.8 Å². The zero-order valence-electron chi connectivity index (χ0n) is 19.0. The van der Waals surface area contributed by atoms with Crippen LogP contribution in [0.15, 0.2) is 18.5 Å². The van der Waals surface area contributed by atoms with Gasteiger partial charge < -0.3 is 4.40 Å². The number of nitrogens with two attached hydrogens (primary N) is 1. The number of aromatic nitrogens is 2. The van der Waals surface area contributed by atoms with E-state index in [0.717, 1.165) is 24.1 Å². The quantitative estimate of drug-likeness (QED) is 0.690. The molecule has 0 spiro atoms. The number of rotatable bonds is 6. The highest BCUT2D eigenvalue weighted by Crippen LogP contribution is 2.44. The van der Waals surface area contributed by atoms with Crippen molar-refractivity contribution in [3.05, 3.63) is 29.7 Å². The maximum absolute atomic E-state index is 13.0. The summed E-state index contributed by atoms with van der Waals surface area (Å²) in [5, 5.41) is 5.68. The summed E-state index contributed by atoms with van der Waals surface area (Å²) in [7, 11) is 0.0668. The zero-order valence-corrected chi connectivity index (χ0v) is 19.8. The molecular formula is C22H31N5O3S. The minimum Gasteiger partial charge on any atom is -0.305 e. The van der Waals surface area contributed by atoms with Crippen LogP contribution in [0, 0.1) is 0 Å². The van der Waals surface area contributed by atoms with Crippen LogP contribution in [0.5, 0.6) is 0 Å². The van der Waals surface area contributed by atoms with E-state index < -0.39 is 21.3 Å². The molecule has 1 unspecified atom stereocenters. The van der Waals surface area contributed by atoms with E-state index in [1.165, 1.54) is 11.9 Å². The summed E-state index contributed by atoms with van der Waals surface area (Å²) in [6.07, 6.45) is 6.90. The van der Waals surface area contributed by atoms with Gasteiger partial charge in [0.1, 0.15) is 5.54 Å². The number of hydrogen-bond acceptors (Lipinski definition) is 4. The number of imidazole rings is 1. The largest absolute Gasteiger partial charge is 0.332 e. The average Bonchev–Trinajstić information content (AvgIpc) is 3.41. The smallest absolute Gasteiger partial charge is 0.305 e. The van der Waals surface area contributed by atoms with E-state index in [2.05, 4.69) is 6.20 Å². The minimum atomic E-state index is -1.45. The maximum atomic E-state index is 13.0. The van der Waals surface area contributed by atoms with Crippen LogP contribution in [-0.2, 0) is 15.8 Å². The molecule has 2 N–H and O–H groups in total. The molecule has 3 amide bonds. The van der Waals surface area contributed by atoms with Gasteiger partial charge in [0.15, 0.2) is 5.65 Å². The lowest BCUT2D eigenvalue weighted by atomic mass is 9.96. The standard InChI is InChI=1S/C22H31N5O3S/c1-13(10-21(2,3)31(23)30)16-12-26-11-15(14-7-8-14)9-17(18(26)24-16)27-20(29)25(6)19(28)22(27,4)5/h9,11-14H,7-8,10,23H2,1-6H3/t13-,31?/m1/s1. The van der Waals surface area contributed by atoms with Gasteiger partial charge in [0.05, 0.1) is 27.1 Å². The first-order chi connectivity index (χ1) is 14.3.